The lowest BCUT2D eigenvalue weighted by molar-refractivity contribution is 0.315. The molecule has 20 heavy (non-hydrogen) atoms. The summed E-state index contributed by atoms with van der Waals surface area (Å²) in [5.74, 6) is 0.563. The number of alkyl halides is 1. The maximum Gasteiger partial charge on any atom is 0.123 e. The minimum Gasteiger partial charge on any atom is -0.493 e. The van der Waals surface area contributed by atoms with Crippen molar-refractivity contribution in [1.29, 1.82) is 0 Å². The Labute approximate surface area is 122 Å². The Morgan fingerprint density at radius 1 is 0.950 bits per heavy atom. The average Bonchev–Trinajstić information content (AvgIpc) is 2.44. The summed E-state index contributed by atoms with van der Waals surface area (Å²) in [6.45, 7) is 0.492. The van der Waals surface area contributed by atoms with Gasteiger partial charge in [0.15, 0.2) is 0 Å². The summed E-state index contributed by atoms with van der Waals surface area (Å²) >= 11 is 5.60. The first-order valence-electron chi connectivity index (χ1n) is 6.40. The van der Waals surface area contributed by atoms with E-state index < -0.39 is 0 Å². The van der Waals surface area contributed by atoms with Crippen molar-refractivity contribution in [3.63, 3.8) is 0 Å². The van der Waals surface area contributed by atoms with Gasteiger partial charge in [-0.05, 0) is 42.3 Å². The van der Waals surface area contributed by atoms with Gasteiger partial charge < -0.3 is 4.74 Å². The average molecular weight is 297 g/mol. The van der Waals surface area contributed by atoms with E-state index in [2.05, 4.69) is 0 Å². The maximum absolute atomic E-state index is 13.4. The van der Waals surface area contributed by atoms with Gasteiger partial charge in [-0.15, -0.1) is 11.6 Å². The zero-order valence-corrected chi connectivity index (χ0v) is 11.7. The minimum absolute atomic E-state index is 0.286. The van der Waals surface area contributed by atoms with Crippen molar-refractivity contribution in [2.75, 3.05) is 12.5 Å². The van der Waals surface area contributed by atoms with Gasteiger partial charge in [-0.1, -0.05) is 12.1 Å². The van der Waals surface area contributed by atoms with Gasteiger partial charge in [0.25, 0.3) is 0 Å². The van der Waals surface area contributed by atoms with Gasteiger partial charge in [0.05, 0.1) is 6.61 Å². The Balaban J connectivity index is 2.15. The third kappa shape index (κ3) is 4.20. The second-order valence-electron chi connectivity index (χ2n) is 4.45. The molecular formula is C16H15ClF2O. The second kappa shape index (κ2) is 7.25. The molecule has 0 radical (unpaired) electrons. The number of ether oxygens (including phenoxy) is 1. The van der Waals surface area contributed by atoms with Crippen LogP contribution in [0.5, 0.6) is 5.75 Å². The highest BCUT2D eigenvalue weighted by molar-refractivity contribution is 6.17. The lowest BCUT2D eigenvalue weighted by Crippen LogP contribution is -2.02. The van der Waals surface area contributed by atoms with Crippen molar-refractivity contribution in [2.24, 2.45) is 0 Å². The molecule has 0 saturated heterocycles. The SMILES string of the molecule is Fc1ccc(Cc2cc(F)ccc2OCCCCl)cc1. The molecule has 0 bridgehead atoms. The summed E-state index contributed by atoms with van der Waals surface area (Å²) in [7, 11) is 0. The summed E-state index contributed by atoms with van der Waals surface area (Å²) in [5, 5.41) is 0. The lowest BCUT2D eigenvalue weighted by Gasteiger charge is -2.11. The molecule has 0 fully saturated rings. The van der Waals surface area contributed by atoms with Gasteiger partial charge >= 0.3 is 0 Å². The first-order valence-corrected chi connectivity index (χ1v) is 6.94. The Morgan fingerprint density at radius 3 is 2.35 bits per heavy atom. The van der Waals surface area contributed by atoms with Crippen molar-refractivity contribution in [3.8, 4) is 5.75 Å². The normalized spacial score (nSPS) is 10.6. The van der Waals surface area contributed by atoms with Crippen molar-refractivity contribution >= 4 is 11.6 Å². The van der Waals surface area contributed by atoms with Crippen LogP contribution in [0.15, 0.2) is 42.5 Å². The Hall–Kier alpha value is -1.61. The van der Waals surface area contributed by atoms with E-state index in [1.165, 1.54) is 24.3 Å². The quantitative estimate of drug-likeness (QED) is 0.561. The van der Waals surface area contributed by atoms with E-state index in [0.29, 0.717) is 24.7 Å². The van der Waals surface area contributed by atoms with E-state index in [1.54, 1.807) is 18.2 Å². The molecule has 0 aliphatic rings. The standard InChI is InChI=1S/C16H15ClF2O/c17-8-1-9-20-16-7-6-15(19)11-13(16)10-12-2-4-14(18)5-3-12/h2-7,11H,1,8-10H2. The van der Waals surface area contributed by atoms with Gasteiger partial charge in [0.2, 0.25) is 0 Å². The van der Waals surface area contributed by atoms with E-state index in [4.69, 9.17) is 16.3 Å². The molecule has 0 N–H and O–H groups in total. The third-order valence-electron chi connectivity index (χ3n) is 2.87. The van der Waals surface area contributed by atoms with Crippen LogP contribution in [0.25, 0.3) is 0 Å². The van der Waals surface area contributed by atoms with Gasteiger partial charge in [-0.2, -0.15) is 0 Å². The van der Waals surface area contributed by atoms with Crippen LogP contribution >= 0.6 is 11.6 Å². The lowest BCUT2D eigenvalue weighted by atomic mass is 10.0. The van der Waals surface area contributed by atoms with E-state index >= 15 is 0 Å². The van der Waals surface area contributed by atoms with E-state index in [0.717, 1.165) is 17.5 Å². The molecule has 0 aliphatic heterocycles. The molecule has 0 heterocycles. The second-order valence-corrected chi connectivity index (χ2v) is 4.82. The summed E-state index contributed by atoms with van der Waals surface area (Å²) in [6.07, 6.45) is 1.23. The minimum atomic E-state index is -0.313. The van der Waals surface area contributed by atoms with Crippen molar-refractivity contribution in [2.45, 2.75) is 12.8 Å². The first kappa shape index (κ1) is 14.8. The van der Waals surface area contributed by atoms with Crippen LogP contribution in [0.2, 0.25) is 0 Å². The molecule has 0 unspecified atom stereocenters. The summed E-state index contributed by atoms with van der Waals surface area (Å²) < 4.78 is 31.8. The third-order valence-corrected chi connectivity index (χ3v) is 3.13. The van der Waals surface area contributed by atoms with Crippen LogP contribution in [0.3, 0.4) is 0 Å². The number of rotatable bonds is 6. The molecule has 0 aromatic heterocycles. The van der Waals surface area contributed by atoms with E-state index in [9.17, 15) is 8.78 Å². The summed E-state index contributed by atoms with van der Waals surface area (Å²) in [4.78, 5) is 0. The van der Waals surface area contributed by atoms with Crippen LogP contribution < -0.4 is 4.74 Å². The fourth-order valence-electron chi connectivity index (χ4n) is 1.89. The molecule has 106 valence electrons. The largest absolute Gasteiger partial charge is 0.493 e. The summed E-state index contributed by atoms with van der Waals surface area (Å²) in [5.41, 5.74) is 1.64. The highest BCUT2D eigenvalue weighted by atomic mass is 35.5. The molecule has 2 aromatic carbocycles. The van der Waals surface area contributed by atoms with Crippen molar-refractivity contribution < 1.29 is 13.5 Å². The van der Waals surface area contributed by atoms with Gasteiger partial charge in [-0.3, -0.25) is 0 Å². The van der Waals surface area contributed by atoms with Gasteiger partial charge in [-0.25, -0.2) is 8.78 Å². The highest BCUT2D eigenvalue weighted by Crippen LogP contribution is 2.23. The molecular weight excluding hydrogens is 282 g/mol. The van der Waals surface area contributed by atoms with E-state index in [1.807, 2.05) is 0 Å². The topological polar surface area (TPSA) is 9.23 Å². The molecule has 0 atom stereocenters. The van der Waals surface area contributed by atoms with Crippen LogP contribution in [0.1, 0.15) is 17.5 Å². The first-order chi connectivity index (χ1) is 9.69. The fourth-order valence-corrected chi connectivity index (χ4v) is 1.99. The predicted octanol–water partition coefficient (Wildman–Crippen LogP) is 4.56. The van der Waals surface area contributed by atoms with E-state index in [-0.39, 0.29) is 11.6 Å². The van der Waals surface area contributed by atoms with Crippen LogP contribution in [-0.2, 0) is 6.42 Å². The predicted molar refractivity (Wildman–Crippen MR) is 76.4 cm³/mol. The van der Waals surface area contributed by atoms with Crippen molar-refractivity contribution in [3.05, 3.63) is 65.2 Å². The summed E-state index contributed by atoms with van der Waals surface area (Å²) in [6, 6.07) is 10.6. The Bertz CT molecular complexity index is 555. The molecule has 0 aliphatic carbocycles. The number of hydrogen-bond acceptors (Lipinski definition) is 1. The molecule has 2 aromatic rings. The molecule has 0 spiro atoms. The van der Waals surface area contributed by atoms with Crippen LogP contribution in [0.4, 0.5) is 8.78 Å². The molecule has 1 nitrogen and oxygen atoms in total. The zero-order chi connectivity index (χ0) is 14.4. The Kier molecular flexibility index (Phi) is 5.36. The number of halogens is 3. The smallest absolute Gasteiger partial charge is 0.123 e. The zero-order valence-electron chi connectivity index (χ0n) is 10.9. The number of hydrogen-bond donors (Lipinski definition) is 0. The van der Waals surface area contributed by atoms with Gasteiger partial charge in [0.1, 0.15) is 17.4 Å². The van der Waals surface area contributed by atoms with Crippen LogP contribution in [0, 0.1) is 11.6 Å². The van der Waals surface area contributed by atoms with Crippen LogP contribution in [-0.4, -0.2) is 12.5 Å². The Morgan fingerprint density at radius 2 is 1.65 bits per heavy atom. The molecule has 0 saturated carbocycles. The molecule has 2 rings (SSSR count). The number of benzene rings is 2. The molecule has 4 heteroatoms. The maximum atomic E-state index is 13.4. The van der Waals surface area contributed by atoms with Gasteiger partial charge in [0, 0.05) is 17.9 Å². The van der Waals surface area contributed by atoms with Crippen molar-refractivity contribution in [1.82, 2.24) is 0 Å². The monoisotopic (exact) mass is 296 g/mol. The highest BCUT2D eigenvalue weighted by Gasteiger charge is 2.07. The fraction of sp³-hybridized carbons (Fsp3) is 0.250. The molecule has 0 amide bonds.